The zero-order chi connectivity index (χ0) is 22.2. The van der Waals surface area contributed by atoms with Crippen LogP contribution in [0.1, 0.15) is 12.8 Å². The molecule has 31 heavy (non-hydrogen) atoms. The molecule has 2 aromatic carbocycles. The van der Waals surface area contributed by atoms with E-state index in [1.54, 1.807) is 24.3 Å². The summed E-state index contributed by atoms with van der Waals surface area (Å²) >= 11 is 0. The quantitative estimate of drug-likeness (QED) is 0.718. The van der Waals surface area contributed by atoms with Crippen LogP contribution in [-0.2, 0) is 24.8 Å². The van der Waals surface area contributed by atoms with E-state index in [1.165, 1.54) is 28.6 Å². The van der Waals surface area contributed by atoms with Crippen molar-refractivity contribution >= 4 is 37.3 Å². The van der Waals surface area contributed by atoms with Crippen LogP contribution in [0.4, 0.5) is 11.4 Å². The maximum absolute atomic E-state index is 12.8. The number of carbonyl (C=O) groups is 1. The molecule has 4 rings (SSSR count). The van der Waals surface area contributed by atoms with Crippen LogP contribution in [0.2, 0.25) is 0 Å². The third-order valence-electron chi connectivity index (χ3n) is 5.25. The molecule has 1 amide bonds. The van der Waals surface area contributed by atoms with Crippen LogP contribution in [0.25, 0.3) is 0 Å². The lowest BCUT2D eigenvalue weighted by atomic mass is 10.2. The normalized spacial score (nSPS) is 19.5. The van der Waals surface area contributed by atoms with E-state index >= 15 is 0 Å². The Morgan fingerprint density at radius 1 is 1.00 bits per heavy atom. The van der Waals surface area contributed by atoms with Gasteiger partial charge in [-0.05, 0) is 49.2 Å². The zero-order valence-corrected chi connectivity index (χ0v) is 18.5. The van der Waals surface area contributed by atoms with Gasteiger partial charge in [0.2, 0.25) is 20.0 Å². The van der Waals surface area contributed by atoms with Gasteiger partial charge in [0.1, 0.15) is 5.75 Å². The number of hydrogen-bond acceptors (Lipinski definition) is 6. The lowest BCUT2D eigenvalue weighted by Gasteiger charge is -2.33. The first-order chi connectivity index (χ1) is 14.7. The molecule has 2 aromatic rings. The first-order valence-corrected chi connectivity index (χ1v) is 13.1. The molecule has 2 aliphatic heterocycles. The number of nitrogens with one attached hydrogen (secondary N) is 1. The van der Waals surface area contributed by atoms with Gasteiger partial charge < -0.3 is 10.1 Å². The zero-order valence-electron chi connectivity index (χ0n) is 16.9. The largest absolute Gasteiger partial charge is 0.476 e. The average Bonchev–Trinajstić information content (AvgIpc) is 3.28. The lowest BCUT2D eigenvalue weighted by Crippen LogP contribution is -2.48. The summed E-state index contributed by atoms with van der Waals surface area (Å²) in [4.78, 5) is 12.9. The Bertz CT molecular complexity index is 1190. The molecule has 11 heteroatoms. The predicted molar refractivity (Wildman–Crippen MR) is 116 cm³/mol. The van der Waals surface area contributed by atoms with Gasteiger partial charge in [0.25, 0.3) is 5.91 Å². The minimum Gasteiger partial charge on any atom is -0.476 e. The second-order valence-corrected chi connectivity index (χ2v) is 11.3. The van der Waals surface area contributed by atoms with E-state index in [1.807, 2.05) is 0 Å². The molecule has 9 nitrogen and oxygen atoms in total. The molecule has 1 N–H and O–H groups in total. The number of nitrogens with zero attached hydrogens (tertiary/aromatic N) is 2. The van der Waals surface area contributed by atoms with Crippen molar-refractivity contribution < 1.29 is 26.4 Å². The third kappa shape index (κ3) is 4.39. The lowest BCUT2D eigenvalue weighted by molar-refractivity contribution is -0.122. The van der Waals surface area contributed by atoms with Gasteiger partial charge >= 0.3 is 0 Å². The second-order valence-electron chi connectivity index (χ2n) is 7.49. The number of carbonyl (C=O) groups excluding carboxylic acids is 1. The summed E-state index contributed by atoms with van der Waals surface area (Å²) in [6, 6.07) is 12.5. The van der Waals surface area contributed by atoms with Crippen molar-refractivity contribution in [2.75, 3.05) is 35.5 Å². The molecule has 166 valence electrons. The van der Waals surface area contributed by atoms with Gasteiger partial charge in [-0.1, -0.05) is 12.1 Å². The van der Waals surface area contributed by atoms with Crippen LogP contribution in [0, 0.1) is 0 Å². The maximum atomic E-state index is 12.8. The Morgan fingerprint density at radius 3 is 2.29 bits per heavy atom. The topological polar surface area (TPSA) is 113 Å². The van der Waals surface area contributed by atoms with Crippen molar-refractivity contribution in [3.63, 3.8) is 0 Å². The second kappa shape index (κ2) is 8.13. The molecule has 0 unspecified atom stereocenters. The number of ether oxygens (including phenoxy) is 1. The smallest absolute Gasteiger partial charge is 0.267 e. The van der Waals surface area contributed by atoms with Crippen LogP contribution in [0.3, 0.4) is 0 Å². The molecule has 0 aromatic heterocycles. The summed E-state index contributed by atoms with van der Waals surface area (Å²) in [6.45, 7) is 0.861. The molecule has 0 spiro atoms. The van der Waals surface area contributed by atoms with Crippen molar-refractivity contribution in [2.24, 2.45) is 0 Å². The number of hydrogen-bond donors (Lipinski definition) is 1. The average molecular weight is 466 g/mol. The minimum absolute atomic E-state index is 0.164. The highest BCUT2D eigenvalue weighted by Crippen LogP contribution is 2.34. The Hall–Kier alpha value is -2.63. The van der Waals surface area contributed by atoms with Gasteiger partial charge in [-0.2, -0.15) is 4.31 Å². The molecule has 0 radical (unpaired) electrons. The number of benzene rings is 2. The Morgan fingerprint density at radius 2 is 1.65 bits per heavy atom. The SMILES string of the molecule is CS(=O)(=O)N1C[C@@H](C(=O)Nc2ccc(S(=O)(=O)N3CCCC3)cc2)Oc2ccccc21. The summed E-state index contributed by atoms with van der Waals surface area (Å²) < 4.78 is 57.9. The minimum atomic E-state index is -3.61. The molecule has 0 saturated carbocycles. The van der Waals surface area contributed by atoms with Gasteiger partial charge in [0.15, 0.2) is 6.10 Å². The molecule has 2 heterocycles. The van der Waals surface area contributed by atoms with E-state index in [2.05, 4.69) is 5.32 Å². The first-order valence-electron chi connectivity index (χ1n) is 9.81. The van der Waals surface area contributed by atoms with Crippen molar-refractivity contribution in [1.29, 1.82) is 0 Å². The Labute approximate surface area is 181 Å². The maximum Gasteiger partial charge on any atom is 0.267 e. The number of amides is 1. The molecule has 0 bridgehead atoms. The summed E-state index contributed by atoms with van der Waals surface area (Å²) in [5, 5.41) is 2.67. The first kappa shape index (κ1) is 21.6. The Kier molecular flexibility index (Phi) is 5.67. The molecule has 1 fully saturated rings. The van der Waals surface area contributed by atoms with E-state index < -0.39 is 32.1 Å². The molecular formula is C20H23N3O6S2. The highest BCUT2D eigenvalue weighted by atomic mass is 32.2. The van der Waals surface area contributed by atoms with Crippen LogP contribution in [-0.4, -0.2) is 59.0 Å². The number of fused-ring (bicyclic) bond motifs is 1. The fourth-order valence-corrected chi connectivity index (χ4v) is 6.09. The van der Waals surface area contributed by atoms with Crippen molar-refractivity contribution in [3.05, 3.63) is 48.5 Å². The summed E-state index contributed by atoms with van der Waals surface area (Å²) in [5.74, 6) is -0.232. The van der Waals surface area contributed by atoms with E-state index in [0.29, 0.717) is 30.2 Å². The summed E-state index contributed by atoms with van der Waals surface area (Å²) in [6.07, 6.45) is 1.71. The van der Waals surface area contributed by atoms with Gasteiger partial charge in [0.05, 0.1) is 23.4 Å². The van der Waals surface area contributed by atoms with Crippen LogP contribution < -0.4 is 14.4 Å². The summed E-state index contributed by atoms with van der Waals surface area (Å²) in [7, 11) is -7.15. The van der Waals surface area contributed by atoms with E-state index in [4.69, 9.17) is 4.74 Å². The summed E-state index contributed by atoms with van der Waals surface area (Å²) in [5.41, 5.74) is 0.768. The van der Waals surface area contributed by atoms with Crippen LogP contribution in [0.15, 0.2) is 53.4 Å². The van der Waals surface area contributed by atoms with E-state index in [-0.39, 0.29) is 11.4 Å². The van der Waals surface area contributed by atoms with Gasteiger partial charge in [-0.3, -0.25) is 9.10 Å². The van der Waals surface area contributed by atoms with Crippen molar-refractivity contribution in [1.82, 2.24) is 4.31 Å². The standard InChI is InChI=1S/C20H23N3O6S2/c1-30(25,26)23-14-19(29-18-7-3-2-6-17(18)23)20(24)21-15-8-10-16(11-9-15)31(27,28)22-12-4-5-13-22/h2-3,6-11,19H,4-5,12-14H2,1H3,(H,21,24)/t19-/m0/s1. The number of anilines is 2. The number of rotatable bonds is 5. The highest BCUT2D eigenvalue weighted by molar-refractivity contribution is 7.92. The Balaban J connectivity index is 1.50. The van der Waals surface area contributed by atoms with Crippen molar-refractivity contribution in [3.8, 4) is 5.75 Å². The number of sulfonamides is 2. The molecular weight excluding hydrogens is 442 g/mol. The van der Waals surface area contributed by atoms with Crippen LogP contribution in [0.5, 0.6) is 5.75 Å². The van der Waals surface area contributed by atoms with E-state index in [9.17, 15) is 21.6 Å². The molecule has 2 aliphatic rings. The predicted octanol–water partition coefficient (Wildman–Crippen LogP) is 1.64. The molecule has 1 atom stereocenters. The third-order valence-corrected chi connectivity index (χ3v) is 8.31. The van der Waals surface area contributed by atoms with Gasteiger partial charge in [-0.25, -0.2) is 16.8 Å². The molecule has 1 saturated heterocycles. The van der Waals surface area contributed by atoms with Gasteiger partial charge in [0, 0.05) is 18.8 Å². The monoisotopic (exact) mass is 465 g/mol. The van der Waals surface area contributed by atoms with E-state index in [0.717, 1.165) is 23.4 Å². The highest BCUT2D eigenvalue weighted by Gasteiger charge is 2.35. The van der Waals surface area contributed by atoms with Crippen LogP contribution >= 0.6 is 0 Å². The number of para-hydroxylation sites is 2. The fraction of sp³-hybridized carbons (Fsp3) is 0.350. The molecule has 0 aliphatic carbocycles. The fourth-order valence-electron chi connectivity index (χ4n) is 3.66. The van der Waals surface area contributed by atoms with Gasteiger partial charge in [-0.15, -0.1) is 0 Å². The van der Waals surface area contributed by atoms with Crippen molar-refractivity contribution in [2.45, 2.75) is 23.8 Å².